The summed E-state index contributed by atoms with van der Waals surface area (Å²) in [6, 6.07) is 17.8. The lowest BCUT2D eigenvalue weighted by molar-refractivity contribution is 0.1000. The lowest BCUT2D eigenvalue weighted by Crippen LogP contribution is -2.31. The molecule has 6 heteroatoms. The summed E-state index contributed by atoms with van der Waals surface area (Å²) in [5.41, 5.74) is 9.51. The monoisotopic (exact) mass is 359 g/mol. The van der Waals surface area contributed by atoms with Crippen molar-refractivity contribution in [3.05, 3.63) is 83.0 Å². The number of hydrogen-bond acceptors (Lipinski definition) is 5. The molecule has 0 aliphatic carbocycles. The van der Waals surface area contributed by atoms with Crippen LogP contribution in [-0.4, -0.2) is 22.4 Å². The van der Waals surface area contributed by atoms with Crippen molar-refractivity contribution in [2.75, 3.05) is 16.8 Å². The molecule has 1 aliphatic heterocycles. The molecule has 136 valence electrons. The average Bonchev–Trinajstić information content (AvgIpc) is 2.72. The van der Waals surface area contributed by atoms with Gasteiger partial charge in [0.15, 0.2) is 0 Å². The molecule has 0 saturated heterocycles. The Morgan fingerprint density at radius 1 is 1.11 bits per heavy atom. The van der Waals surface area contributed by atoms with Crippen LogP contribution in [-0.2, 0) is 19.5 Å². The molecule has 3 N–H and O–H groups in total. The van der Waals surface area contributed by atoms with Gasteiger partial charge in [-0.2, -0.15) is 4.98 Å². The van der Waals surface area contributed by atoms with Crippen LogP contribution in [0.15, 0.2) is 60.8 Å². The summed E-state index contributed by atoms with van der Waals surface area (Å²) in [4.78, 5) is 22.6. The first-order valence-corrected chi connectivity index (χ1v) is 8.96. The summed E-state index contributed by atoms with van der Waals surface area (Å²) in [7, 11) is 0. The largest absolute Gasteiger partial charge is 0.366 e. The number of carbonyl (C=O) groups is 1. The van der Waals surface area contributed by atoms with Gasteiger partial charge in [0.25, 0.3) is 0 Å². The van der Waals surface area contributed by atoms with E-state index in [4.69, 9.17) is 5.73 Å². The number of rotatable bonds is 5. The highest BCUT2D eigenvalue weighted by molar-refractivity contribution is 5.93. The number of anilines is 2. The first-order valence-electron chi connectivity index (χ1n) is 8.96. The van der Waals surface area contributed by atoms with Crippen molar-refractivity contribution >= 4 is 17.7 Å². The van der Waals surface area contributed by atoms with Crippen LogP contribution < -0.4 is 16.0 Å². The quantitative estimate of drug-likeness (QED) is 0.732. The molecule has 2 heterocycles. The van der Waals surface area contributed by atoms with Gasteiger partial charge in [-0.3, -0.25) is 4.79 Å². The van der Waals surface area contributed by atoms with Gasteiger partial charge in [0.2, 0.25) is 11.9 Å². The van der Waals surface area contributed by atoms with Gasteiger partial charge in [0, 0.05) is 31.4 Å². The summed E-state index contributed by atoms with van der Waals surface area (Å²) in [6.45, 7) is 2.27. The molecular weight excluding hydrogens is 338 g/mol. The molecule has 27 heavy (non-hydrogen) atoms. The number of nitrogens with two attached hydrogens (primary N) is 1. The maximum absolute atomic E-state index is 11.4. The molecule has 6 nitrogen and oxygen atoms in total. The Balaban J connectivity index is 1.47. The highest BCUT2D eigenvalue weighted by Gasteiger charge is 2.19. The van der Waals surface area contributed by atoms with Crippen LogP contribution in [0.4, 0.5) is 11.8 Å². The fourth-order valence-electron chi connectivity index (χ4n) is 3.29. The van der Waals surface area contributed by atoms with Gasteiger partial charge in [-0.15, -0.1) is 0 Å². The van der Waals surface area contributed by atoms with E-state index in [9.17, 15) is 4.79 Å². The van der Waals surface area contributed by atoms with Gasteiger partial charge < -0.3 is 16.0 Å². The molecule has 0 radical (unpaired) electrons. The number of hydrogen-bond donors (Lipinski definition) is 2. The van der Waals surface area contributed by atoms with Crippen molar-refractivity contribution < 1.29 is 4.79 Å². The molecular formula is C21H21N5O. The Bertz CT molecular complexity index is 958. The standard InChI is InChI=1S/C21H21N5O/c22-20(27)17-6-7-18-14-26(11-9-16(18)12-17)19-8-10-23-21(25-19)24-13-15-4-2-1-3-5-15/h1-8,10,12H,9,11,13-14H2,(H2,22,27)(H,23,24,25). The lowest BCUT2D eigenvalue weighted by Gasteiger charge is -2.30. The van der Waals surface area contributed by atoms with Gasteiger partial charge in [0.05, 0.1) is 0 Å². The highest BCUT2D eigenvalue weighted by atomic mass is 16.1. The predicted molar refractivity (Wildman–Crippen MR) is 106 cm³/mol. The molecule has 1 aliphatic rings. The first-order chi connectivity index (χ1) is 13.2. The number of primary amides is 1. The minimum atomic E-state index is -0.384. The Labute approximate surface area is 158 Å². The number of nitrogens with zero attached hydrogens (tertiary/aromatic N) is 3. The molecule has 1 aromatic heterocycles. The van der Waals surface area contributed by atoms with E-state index < -0.39 is 0 Å². The Kier molecular flexibility index (Phi) is 4.70. The lowest BCUT2D eigenvalue weighted by atomic mass is 9.97. The van der Waals surface area contributed by atoms with E-state index in [1.165, 1.54) is 16.7 Å². The summed E-state index contributed by atoms with van der Waals surface area (Å²) < 4.78 is 0. The summed E-state index contributed by atoms with van der Waals surface area (Å²) in [6.07, 6.45) is 2.63. The topological polar surface area (TPSA) is 84.1 Å². The maximum atomic E-state index is 11.4. The second-order valence-corrected chi connectivity index (χ2v) is 6.60. The van der Waals surface area contributed by atoms with E-state index in [1.54, 1.807) is 12.3 Å². The number of benzene rings is 2. The third-order valence-corrected chi connectivity index (χ3v) is 4.76. The first kappa shape index (κ1) is 17.0. The molecule has 0 unspecified atom stereocenters. The molecule has 0 spiro atoms. The van der Waals surface area contributed by atoms with Crippen molar-refractivity contribution in [3.63, 3.8) is 0 Å². The predicted octanol–water partition coefficient (Wildman–Crippen LogP) is 2.75. The number of aromatic nitrogens is 2. The van der Waals surface area contributed by atoms with Crippen LogP contribution >= 0.6 is 0 Å². The van der Waals surface area contributed by atoms with Crippen molar-refractivity contribution in [1.82, 2.24) is 9.97 Å². The number of nitrogens with one attached hydrogen (secondary N) is 1. The Morgan fingerprint density at radius 3 is 2.78 bits per heavy atom. The summed E-state index contributed by atoms with van der Waals surface area (Å²) in [5, 5.41) is 3.28. The van der Waals surface area contributed by atoms with Gasteiger partial charge in [-0.25, -0.2) is 4.98 Å². The zero-order valence-corrected chi connectivity index (χ0v) is 14.9. The normalized spacial score (nSPS) is 13.1. The van der Waals surface area contributed by atoms with Crippen molar-refractivity contribution in [2.45, 2.75) is 19.5 Å². The average molecular weight is 359 g/mol. The van der Waals surface area contributed by atoms with E-state index in [2.05, 4.69) is 32.3 Å². The van der Waals surface area contributed by atoms with Crippen molar-refractivity contribution in [2.24, 2.45) is 5.73 Å². The molecule has 0 bridgehead atoms. The van der Waals surface area contributed by atoms with E-state index in [1.807, 2.05) is 36.4 Å². The van der Waals surface area contributed by atoms with Crippen LogP contribution in [0, 0.1) is 0 Å². The molecule has 0 atom stereocenters. The third-order valence-electron chi connectivity index (χ3n) is 4.76. The van der Waals surface area contributed by atoms with Crippen LogP contribution in [0.1, 0.15) is 27.0 Å². The molecule has 1 amide bonds. The summed E-state index contributed by atoms with van der Waals surface area (Å²) in [5.74, 6) is 1.13. The fraction of sp³-hybridized carbons (Fsp3) is 0.190. The van der Waals surface area contributed by atoms with Gasteiger partial charge in [0.1, 0.15) is 5.82 Å². The Morgan fingerprint density at radius 2 is 1.96 bits per heavy atom. The highest BCUT2D eigenvalue weighted by Crippen LogP contribution is 2.24. The van der Waals surface area contributed by atoms with Gasteiger partial charge in [-0.05, 0) is 41.3 Å². The minimum absolute atomic E-state index is 0.384. The molecule has 3 aromatic rings. The van der Waals surface area contributed by atoms with Crippen LogP contribution in [0.2, 0.25) is 0 Å². The van der Waals surface area contributed by atoms with E-state index in [0.717, 1.165) is 25.3 Å². The van der Waals surface area contributed by atoms with E-state index in [0.29, 0.717) is 18.1 Å². The Hall–Kier alpha value is -3.41. The smallest absolute Gasteiger partial charge is 0.248 e. The molecule has 0 saturated carbocycles. The minimum Gasteiger partial charge on any atom is -0.366 e. The SMILES string of the molecule is NC(=O)c1ccc2c(c1)CCN(c1ccnc(NCc3ccccc3)n1)C2. The van der Waals surface area contributed by atoms with Gasteiger partial charge >= 0.3 is 0 Å². The molecule has 4 rings (SSSR count). The maximum Gasteiger partial charge on any atom is 0.248 e. The van der Waals surface area contributed by atoms with E-state index in [-0.39, 0.29) is 5.91 Å². The summed E-state index contributed by atoms with van der Waals surface area (Å²) >= 11 is 0. The second kappa shape index (κ2) is 7.45. The molecule has 0 fully saturated rings. The van der Waals surface area contributed by atoms with Gasteiger partial charge in [-0.1, -0.05) is 36.4 Å². The van der Waals surface area contributed by atoms with Crippen LogP contribution in [0.3, 0.4) is 0 Å². The zero-order valence-electron chi connectivity index (χ0n) is 14.9. The van der Waals surface area contributed by atoms with Crippen LogP contribution in [0.5, 0.6) is 0 Å². The van der Waals surface area contributed by atoms with E-state index >= 15 is 0 Å². The van der Waals surface area contributed by atoms with Crippen molar-refractivity contribution in [1.29, 1.82) is 0 Å². The fourth-order valence-corrected chi connectivity index (χ4v) is 3.29. The molecule has 2 aromatic carbocycles. The number of amides is 1. The zero-order chi connectivity index (χ0) is 18.6. The third kappa shape index (κ3) is 3.89. The number of fused-ring (bicyclic) bond motifs is 1. The van der Waals surface area contributed by atoms with Crippen LogP contribution in [0.25, 0.3) is 0 Å². The van der Waals surface area contributed by atoms with Crippen molar-refractivity contribution in [3.8, 4) is 0 Å². The second-order valence-electron chi connectivity index (χ2n) is 6.60. The number of carbonyl (C=O) groups excluding carboxylic acids is 1.